The molecule has 180 valence electrons. The Morgan fingerprint density at radius 2 is 1.67 bits per heavy atom. The lowest BCUT2D eigenvalue weighted by atomic mass is 9.90. The number of carbonyl (C=O) groups excluding carboxylic acids is 1. The summed E-state index contributed by atoms with van der Waals surface area (Å²) < 4.78 is 0. The van der Waals surface area contributed by atoms with Crippen LogP contribution in [0.4, 0.5) is 5.82 Å². The number of carbonyl (C=O) groups is 1. The van der Waals surface area contributed by atoms with E-state index in [4.69, 9.17) is 0 Å². The third-order valence-corrected chi connectivity index (χ3v) is 7.68. The molecule has 6 heteroatoms. The summed E-state index contributed by atoms with van der Waals surface area (Å²) in [6, 6.07) is 7.99. The van der Waals surface area contributed by atoms with Crippen molar-refractivity contribution in [2.45, 2.75) is 78.2 Å². The third-order valence-electron chi connectivity index (χ3n) is 6.53. The number of phenolic OH excluding ortho intramolecular Hbond substituents is 1. The van der Waals surface area contributed by atoms with E-state index < -0.39 is 0 Å². The molecule has 2 aromatic rings. The number of anilines is 1. The van der Waals surface area contributed by atoms with E-state index in [-0.39, 0.29) is 11.7 Å². The minimum atomic E-state index is 0.0449. The number of phenols is 1. The van der Waals surface area contributed by atoms with Crippen LogP contribution in [-0.4, -0.2) is 46.6 Å². The van der Waals surface area contributed by atoms with E-state index >= 15 is 0 Å². The predicted molar refractivity (Wildman–Crippen MR) is 139 cm³/mol. The van der Waals surface area contributed by atoms with Crippen LogP contribution in [0, 0.1) is 0 Å². The van der Waals surface area contributed by atoms with Gasteiger partial charge in [0.05, 0.1) is 0 Å². The van der Waals surface area contributed by atoms with Crippen LogP contribution in [0.2, 0.25) is 0 Å². The zero-order valence-corrected chi connectivity index (χ0v) is 21.2. The first-order valence-corrected chi connectivity index (χ1v) is 13.2. The first-order valence-electron chi connectivity index (χ1n) is 12.4. The molecule has 2 fully saturated rings. The van der Waals surface area contributed by atoms with Crippen molar-refractivity contribution in [2.75, 3.05) is 24.5 Å². The van der Waals surface area contributed by atoms with Crippen LogP contribution in [-0.2, 0) is 11.2 Å². The fourth-order valence-electron chi connectivity index (χ4n) is 4.29. The lowest BCUT2D eigenvalue weighted by molar-refractivity contribution is -0.116. The zero-order valence-electron chi connectivity index (χ0n) is 20.4. The van der Waals surface area contributed by atoms with Crippen molar-refractivity contribution in [1.82, 2.24) is 9.88 Å². The van der Waals surface area contributed by atoms with Gasteiger partial charge in [0.2, 0.25) is 5.91 Å². The number of benzene rings is 1. The number of hydrogen-bond donors (Lipinski definition) is 1. The number of nitrogens with zero attached hydrogens (tertiary/aromatic N) is 3. The Labute approximate surface area is 203 Å². The summed E-state index contributed by atoms with van der Waals surface area (Å²) in [5, 5.41) is 10.2. The van der Waals surface area contributed by atoms with E-state index in [1.807, 2.05) is 38.1 Å². The van der Waals surface area contributed by atoms with Crippen LogP contribution in [0.1, 0.15) is 70.6 Å². The summed E-state index contributed by atoms with van der Waals surface area (Å²) in [6.07, 6.45) is 14.8. The molecule has 3 heterocycles. The highest BCUT2D eigenvalue weighted by atomic mass is 32.1. The highest BCUT2D eigenvalue weighted by Gasteiger charge is 2.26. The molecular formula is C27H39N3O2S. The second-order valence-electron chi connectivity index (χ2n) is 8.93. The number of piperidine rings is 1. The van der Waals surface area contributed by atoms with Gasteiger partial charge in [0.1, 0.15) is 16.6 Å². The summed E-state index contributed by atoms with van der Waals surface area (Å²) in [6.45, 7) is 9.12. The average molecular weight is 470 g/mol. The zero-order chi connectivity index (χ0) is 23.6. The van der Waals surface area contributed by atoms with Crippen molar-refractivity contribution in [3.63, 3.8) is 0 Å². The van der Waals surface area contributed by atoms with Crippen LogP contribution < -0.4 is 4.90 Å². The topological polar surface area (TPSA) is 56.7 Å². The Kier molecular flexibility index (Phi) is 9.95. The third kappa shape index (κ3) is 7.15. The molecule has 0 unspecified atom stereocenters. The molecule has 0 bridgehead atoms. The van der Waals surface area contributed by atoms with Crippen molar-refractivity contribution < 1.29 is 9.90 Å². The SMILES string of the molecule is C/C=C\C.C1CCN(C2CCC2)CC1.CC(=O)N1CCCc2sc(-c3ccc(O)cc3)nc21. The molecular weight excluding hydrogens is 430 g/mol. The second-order valence-corrected chi connectivity index (χ2v) is 10.0. The molecule has 0 radical (unpaired) electrons. The summed E-state index contributed by atoms with van der Waals surface area (Å²) in [5.74, 6) is 1.10. The fourth-order valence-corrected chi connectivity index (χ4v) is 5.40. The number of thiazole rings is 1. The molecule has 5 nitrogen and oxygen atoms in total. The van der Waals surface area contributed by atoms with Gasteiger partial charge in [0.15, 0.2) is 0 Å². The van der Waals surface area contributed by atoms with Gasteiger partial charge in [0, 0.05) is 30.0 Å². The molecule has 33 heavy (non-hydrogen) atoms. The smallest absolute Gasteiger partial charge is 0.225 e. The van der Waals surface area contributed by atoms with Gasteiger partial charge < -0.3 is 10.0 Å². The number of amides is 1. The van der Waals surface area contributed by atoms with Gasteiger partial charge in [-0.2, -0.15) is 0 Å². The molecule has 0 spiro atoms. The maximum Gasteiger partial charge on any atom is 0.225 e. The van der Waals surface area contributed by atoms with Crippen molar-refractivity contribution in [2.24, 2.45) is 0 Å². The van der Waals surface area contributed by atoms with Crippen molar-refractivity contribution in [3.8, 4) is 16.3 Å². The molecule has 1 N–H and O–H groups in total. The number of hydrogen-bond acceptors (Lipinski definition) is 5. The fraction of sp³-hybridized carbons (Fsp3) is 0.556. The van der Waals surface area contributed by atoms with E-state index in [1.54, 1.807) is 35.3 Å². The van der Waals surface area contributed by atoms with E-state index in [0.29, 0.717) is 0 Å². The number of allylic oxidation sites excluding steroid dienone is 2. The second kappa shape index (κ2) is 12.9. The van der Waals surface area contributed by atoms with E-state index in [0.717, 1.165) is 41.8 Å². The molecule has 5 rings (SSSR count). The Hall–Kier alpha value is -2.18. The molecule has 1 aromatic carbocycles. The van der Waals surface area contributed by atoms with Gasteiger partial charge in [-0.25, -0.2) is 4.98 Å². The van der Waals surface area contributed by atoms with Crippen molar-refractivity contribution >= 4 is 23.1 Å². The number of aromatic hydroxyl groups is 1. The maximum absolute atomic E-state index is 11.6. The summed E-state index contributed by atoms with van der Waals surface area (Å²) >= 11 is 1.63. The molecule has 0 atom stereocenters. The Bertz CT molecular complexity index is 893. The number of rotatable bonds is 2. The van der Waals surface area contributed by atoms with Crippen molar-refractivity contribution in [1.29, 1.82) is 0 Å². The first-order chi connectivity index (χ1) is 16.0. The lowest BCUT2D eigenvalue weighted by Crippen LogP contribution is -2.42. The molecule has 1 saturated carbocycles. The monoisotopic (exact) mass is 469 g/mol. The quantitative estimate of drug-likeness (QED) is 0.516. The van der Waals surface area contributed by atoms with Crippen LogP contribution in [0.25, 0.3) is 10.6 Å². The molecule has 1 amide bonds. The number of aryl methyl sites for hydroxylation is 1. The number of aromatic nitrogens is 1. The van der Waals surface area contributed by atoms with Crippen LogP contribution in [0.5, 0.6) is 5.75 Å². The van der Waals surface area contributed by atoms with Gasteiger partial charge in [-0.1, -0.05) is 25.0 Å². The number of likely N-dealkylation sites (tertiary alicyclic amines) is 1. The summed E-state index contributed by atoms with van der Waals surface area (Å²) in [7, 11) is 0. The van der Waals surface area contributed by atoms with Gasteiger partial charge >= 0.3 is 0 Å². The van der Waals surface area contributed by atoms with Crippen LogP contribution in [0.15, 0.2) is 36.4 Å². The Morgan fingerprint density at radius 3 is 2.21 bits per heavy atom. The van der Waals surface area contributed by atoms with E-state index in [1.165, 1.54) is 56.5 Å². The molecule has 1 aromatic heterocycles. The Balaban J connectivity index is 0.000000182. The minimum Gasteiger partial charge on any atom is -0.508 e. The number of fused-ring (bicyclic) bond motifs is 1. The largest absolute Gasteiger partial charge is 0.508 e. The Morgan fingerprint density at radius 1 is 1.00 bits per heavy atom. The highest BCUT2D eigenvalue weighted by molar-refractivity contribution is 7.15. The van der Waals surface area contributed by atoms with Crippen LogP contribution in [0.3, 0.4) is 0 Å². The lowest BCUT2D eigenvalue weighted by Gasteiger charge is -2.39. The van der Waals surface area contributed by atoms with E-state index in [2.05, 4.69) is 9.88 Å². The van der Waals surface area contributed by atoms with Gasteiger partial charge in [-0.05, 0) is 89.7 Å². The predicted octanol–water partition coefficient (Wildman–Crippen LogP) is 6.42. The summed E-state index contributed by atoms with van der Waals surface area (Å²) in [5.41, 5.74) is 0.973. The highest BCUT2D eigenvalue weighted by Crippen LogP contribution is 2.36. The standard InChI is InChI=1S/C14H14N2O2S.C9H17N.C4H8/c1-9(17)16-8-2-3-12-13(16)15-14(19-12)10-4-6-11(18)7-5-10;1-2-7-10(8-3-1)9-5-4-6-9;1-3-4-2/h4-7,18H,2-3,8H2,1H3;9H,1-8H2;3-4H,1-2H3/b;;4-3-. The van der Waals surface area contributed by atoms with Gasteiger partial charge in [-0.15, -0.1) is 11.3 Å². The average Bonchev–Trinajstić information content (AvgIpc) is 3.24. The van der Waals surface area contributed by atoms with Gasteiger partial charge in [-0.3, -0.25) is 9.69 Å². The maximum atomic E-state index is 11.6. The molecule has 1 aliphatic carbocycles. The first kappa shape index (κ1) is 25.4. The molecule has 3 aliphatic rings. The van der Waals surface area contributed by atoms with Crippen molar-refractivity contribution in [3.05, 3.63) is 41.3 Å². The molecule has 2 aliphatic heterocycles. The molecule has 1 saturated heterocycles. The minimum absolute atomic E-state index is 0.0449. The van der Waals surface area contributed by atoms with E-state index in [9.17, 15) is 9.90 Å². The van der Waals surface area contributed by atoms with Gasteiger partial charge in [0.25, 0.3) is 0 Å². The normalized spacial score (nSPS) is 18.5. The van der Waals surface area contributed by atoms with Crippen LogP contribution >= 0.6 is 11.3 Å². The summed E-state index contributed by atoms with van der Waals surface area (Å²) in [4.78, 5) is 21.8.